The molecular weight excluding hydrogens is 406 g/mol. The fourth-order valence-corrected chi connectivity index (χ4v) is 5.35. The molecule has 1 saturated heterocycles. The molecule has 2 rings (SSSR count). The summed E-state index contributed by atoms with van der Waals surface area (Å²) >= 11 is 8.92. The molecule has 0 bridgehead atoms. The quantitative estimate of drug-likeness (QED) is 0.788. The molecule has 9 heteroatoms. The summed E-state index contributed by atoms with van der Waals surface area (Å²) in [7, 11) is -3.81. The molecule has 1 fully saturated rings. The average molecular weight is 422 g/mol. The lowest BCUT2D eigenvalue weighted by Crippen LogP contribution is -2.50. The third kappa shape index (κ3) is 4.53. The number of benzene rings is 1. The first-order valence-electron chi connectivity index (χ1n) is 6.19. The number of rotatable bonds is 3. The maximum Gasteiger partial charge on any atom is 0.243 e. The first-order chi connectivity index (χ1) is 9.31. The van der Waals surface area contributed by atoms with Gasteiger partial charge in [-0.05, 0) is 46.9 Å². The van der Waals surface area contributed by atoms with Crippen LogP contribution in [0.5, 0.6) is 0 Å². The standard InChI is InChI=1S/C12H15BrClFN2O2S.ClH/c1-7-2-3-16-6-11(7)17-20(18,19)12-9(13)4-8(15)5-10(12)14;/h4-5,7,11,16-17H,2-3,6H2,1H3;1H. The number of piperidine rings is 1. The minimum absolute atomic E-state index is 0. The Morgan fingerprint density at radius 3 is 2.71 bits per heavy atom. The number of nitrogens with one attached hydrogen (secondary N) is 2. The van der Waals surface area contributed by atoms with Crippen molar-refractivity contribution in [2.45, 2.75) is 24.3 Å². The molecule has 2 atom stereocenters. The van der Waals surface area contributed by atoms with Gasteiger partial charge in [-0.2, -0.15) is 0 Å². The molecule has 0 saturated carbocycles. The molecule has 1 heterocycles. The van der Waals surface area contributed by atoms with Crippen molar-refractivity contribution < 1.29 is 12.8 Å². The first kappa shape index (κ1) is 19.1. The predicted molar refractivity (Wildman–Crippen MR) is 87.1 cm³/mol. The molecule has 0 amide bonds. The van der Waals surface area contributed by atoms with Crippen LogP contribution in [0.3, 0.4) is 0 Å². The maximum absolute atomic E-state index is 13.2. The zero-order valence-electron chi connectivity index (χ0n) is 11.2. The normalized spacial score (nSPS) is 22.7. The van der Waals surface area contributed by atoms with Gasteiger partial charge in [0.15, 0.2) is 0 Å². The van der Waals surface area contributed by atoms with Crippen molar-refractivity contribution in [2.75, 3.05) is 13.1 Å². The molecule has 0 aliphatic carbocycles. The molecule has 0 spiro atoms. The molecule has 1 aromatic carbocycles. The summed E-state index contributed by atoms with van der Waals surface area (Å²) in [5.74, 6) is -0.363. The Bertz CT molecular complexity index is 592. The lowest BCUT2D eigenvalue weighted by molar-refractivity contribution is 0.327. The molecule has 120 valence electrons. The SMILES string of the molecule is CC1CCNCC1NS(=O)(=O)c1c(Cl)cc(F)cc1Br.Cl. The van der Waals surface area contributed by atoms with Crippen molar-refractivity contribution in [3.63, 3.8) is 0 Å². The van der Waals surface area contributed by atoms with Gasteiger partial charge in [0, 0.05) is 17.1 Å². The van der Waals surface area contributed by atoms with E-state index in [1.54, 1.807) is 0 Å². The number of hydrogen-bond donors (Lipinski definition) is 2. The van der Waals surface area contributed by atoms with E-state index in [1.807, 2.05) is 6.92 Å². The van der Waals surface area contributed by atoms with Crippen LogP contribution in [-0.4, -0.2) is 27.5 Å². The van der Waals surface area contributed by atoms with Crippen LogP contribution in [0.4, 0.5) is 4.39 Å². The van der Waals surface area contributed by atoms with Crippen LogP contribution in [0.15, 0.2) is 21.5 Å². The van der Waals surface area contributed by atoms with Crippen molar-refractivity contribution >= 4 is 50.0 Å². The maximum atomic E-state index is 13.2. The van der Waals surface area contributed by atoms with Crippen molar-refractivity contribution in [1.82, 2.24) is 10.0 Å². The second-order valence-corrected chi connectivity index (χ2v) is 7.81. The molecule has 1 aromatic rings. The smallest absolute Gasteiger partial charge is 0.243 e. The summed E-state index contributed by atoms with van der Waals surface area (Å²) in [6.07, 6.45) is 0.894. The molecule has 2 unspecified atom stereocenters. The van der Waals surface area contributed by atoms with Crippen LogP contribution in [0, 0.1) is 11.7 Å². The minimum Gasteiger partial charge on any atom is -0.315 e. The predicted octanol–water partition coefficient (Wildman–Crippen LogP) is 2.94. The van der Waals surface area contributed by atoms with E-state index in [0.717, 1.165) is 25.1 Å². The van der Waals surface area contributed by atoms with E-state index in [0.29, 0.717) is 6.54 Å². The fourth-order valence-electron chi connectivity index (χ4n) is 2.19. The Balaban J connectivity index is 0.00000220. The lowest BCUT2D eigenvalue weighted by Gasteiger charge is -2.30. The second-order valence-electron chi connectivity index (χ2n) is 4.90. The monoisotopic (exact) mass is 420 g/mol. The summed E-state index contributed by atoms with van der Waals surface area (Å²) in [5, 5.41) is 3.01. The van der Waals surface area contributed by atoms with Gasteiger partial charge in [-0.1, -0.05) is 18.5 Å². The molecule has 2 N–H and O–H groups in total. The van der Waals surface area contributed by atoms with Crippen LogP contribution < -0.4 is 10.0 Å². The van der Waals surface area contributed by atoms with Gasteiger partial charge in [0.05, 0.1) is 5.02 Å². The minimum atomic E-state index is -3.81. The Hall–Kier alpha value is 0.0800. The van der Waals surface area contributed by atoms with Crippen LogP contribution >= 0.6 is 39.9 Å². The van der Waals surface area contributed by atoms with E-state index in [1.165, 1.54) is 0 Å². The van der Waals surface area contributed by atoms with Crippen molar-refractivity contribution in [1.29, 1.82) is 0 Å². The summed E-state index contributed by atoms with van der Waals surface area (Å²) in [6, 6.07) is 1.87. The zero-order chi connectivity index (χ0) is 14.9. The van der Waals surface area contributed by atoms with Gasteiger partial charge in [0.25, 0.3) is 0 Å². The second kappa shape index (κ2) is 7.57. The van der Waals surface area contributed by atoms with Gasteiger partial charge < -0.3 is 5.32 Å². The van der Waals surface area contributed by atoms with Crippen LogP contribution in [-0.2, 0) is 10.0 Å². The topological polar surface area (TPSA) is 58.2 Å². The lowest BCUT2D eigenvalue weighted by atomic mass is 9.96. The first-order valence-corrected chi connectivity index (χ1v) is 8.84. The van der Waals surface area contributed by atoms with E-state index in [4.69, 9.17) is 11.6 Å². The average Bonchev–Trinajstić information content (AvgIpc) is 2.30. The van der Waals surface area contributed by atoms with Crippen LogP contribution in [0.25, 0.3) is 0 Å². The highest BCUT2D eigenvalue weighted by atomic mass is 79.9. The van der Waals surface area contributed by atoms with Crippen molar-refractivity contribution in [3.8, 4) is 0 Å². The van der Waals surface area contributed by atoms with Crippen molar-refractivity contribution in [3.05, 3.63) is 27.4 Å². The van der Waals surface area contributed by atoms with Crippen LogP contribution in [0.2, 0.25) is 5.02 Å². The number of halogens is 4. The summed E-state index contributed by atoms with van der Waals surface area (Å²) in [5.41, 5.74) is 0. The molecule has 0 aromatic heterocycles. The molecule has 0 radical (unpaired) electrons. The van der Waals surface area contributed by atoms with E-state index < -0.39 is 15.8 Å². The van der Waals surface area contributed by atoms with Gasteiger partial charge in [-0.15, -0.1) is 12.4 Å². The van der Waals surface area contributed by atoms with E-state index in [9.17, 15) is 12.8 Å². The summed E-state index contributed by atoms with van der Waals surface area (Å²) < 4.78 is 40.8. The number of hydrogen-bond acceptors (Lipinski definition) is 3. The Morgan fingerprint density at radius 2 is 2.14 bits per heavy atom. The Kier molecular flexibility index (Phi) is 6.89. The van der Waals surface area contributed by atoms with E-state index >= 15 is 0 Å². The van der Waals surface area contributed by atoms with Gasteiger partial charge >= 0.3 is 0 Å². The molecule has 1 aliphatic heterocycles. The highest BCUT2D eigenvalue weighted by molar-refractivity contribution is 9.10. The van der Waals surface area contributed by atoms with E-state index in [2.05, 4.69) is 26.0 Å². The highest BCUT2D eigenvalue weighted by Crippen LogP contribution is 2.31. The molecule has 1 aliphatic rings. The van der Waals surface area contributed by atoms with Gasteiger partial charge in [0.2, 0.25) is 10.0 Å². The summed E-state index contributed by atoms with van der Waals surface area (Å²) in [6.45, 7) is 3.44. The van der Waals surface area contributed by atoms with Crippen LogP contribution in [0.1, 0.15) is 13.3 Å². The van der Waals surface area contributed by atoms with Gasteiger partial charge in [-0.3, -0.25) is 0 Å². The molecular formula is C12H16BrCl2FN2O2S. The third-order valence-corrected chi connectivity index (χ3v) is 6.25. The molecule has 4 nitrogen and oxygen atoms in total. The zero-order valence-corrected chi connectivity index (χ0v) is 15.2. The molecule has 21 heavy (non-hydrogen) atoms. The van der Waals surface area contributed by atoms with Gasteiger partial charge in [-0.25, -0.2) is 17.5 Å². The van der Waals surface area contributed by atoms with Crippen molar-refractivity contribution in [2.24, 2.45) is 5.92 Å². The fraction of sp³-hybridized carbons (Fsp3) is 0.500. The Morgan fingerprint density at radius 1 is 1.48 bits per heavy atom. The summed E-state index contributed by atoms with van der Waals surface area (Å²) in [4.78, 5) is -0.127. The largest absolute Gasteiger partial charge is 0.315 e. The highest BCUT2D eigenvalue weighted by Gasteiger charge is 2.29. The number of sulfonamides is 1. The van der Waals surface area contributed by atoms with E-state index in [-0.39, 0.29) is 38.8 Å². The third-order valence-electron chi connectivity index (χ3n) is 3.37. The Labute approximate surface area is 143 Å². The van der Waals surface area contributed by atoms with Gasteiger partial charge in [0.1, 0.15) is 10.7 Å².